The first kappa shape index (κ1) is 19.8. The van der Waals surface area contributed by atoms with Gasteiger partial charge in [0.1, 0.15) is 17.3 Å². The minimum Gasteiger partial charge on any atom is -0.504 e. The van der Waals surface area contributed by atoms with Crippen molar-refractivity contribution in [3.05, 3.63) is 53.5 Å². The quantitative estimate of drug-likeness (QED) is 0.612. The Morgan fingerprint density at radius 3 is 2.52 bits per heavy atom. The van der Waals surface area contributed by atoms with Crippen molar-refractivity contribution in [2.75, 3.05) is 7.11 Å². The third-order valence-electron chi connectivity index (χ3n) is 4.41. The van der Waals surface area contributed by atoms with Crippen molar-refractivity contribution >= 4 is 22.7 Å². The third-order valence-corrected chi connectivity index (χ3v) is 4.41. The number of benzene rings is 2. The van der Waals surface area contributed by atoms with Gasteiger partial charge in [0.05, 0.1) is 19.0 Å². The maximum Gasteiger partial charge on any atom is 0.303 e. The molecular formula is C21H15FN2O5. The Bertz CT molecular complexity index is 1180. The summed E-state index contributed by atoms with van der Waals surface area (Å²) in [6.45, 7) is 0. The SMILES string of the molecule is COc1cccc(-c2cccc3c(C#N)c(O)c(C(=O)CCC(=O)O)nc23)c1F. The van der Waals surface area contributed by atoms with Crippen LogP contribution in [0.3, 0.4) is 0 Å². The molecule has 2 aromatic carbocycles. The molecule has 0 radical (unpaired) electrons. The summed E-state index contributed by atoms with van der Waals surface area (Å²) >= 11 is 0. The number of carbonyl (C=O) groups excluding carboxylic acids is 1. The van der Waals surface area contributed by atoms with Crippen LogP contribution in [0.25, 0.3) is 22.0 Å². The highest BCUT2D eigenvalue weighted by atomic mass is 19.1. The van der Waals surface area contributed by atoms with E-state index in [0.717, 1.165) is 0 Å². The number of nitriles is 1. The molecular weight excluding hydrogens is 379 g/mol. The molecule has 0 saturated carbocycles. The molecule has 0 fully saturated rings. The van der Waals surface area contributed by atoms with Crippen LogP contribution in [0.5, 0.6) is 11.5 Å². The van der Waals surface area contributed by atoms with Crippen molar-refractivity contribution in [2.45, 2.75) is 12.8 Å². The summed E-state index contributed by atoms with van der Waals surface area (Å²) in [5.41, 5.74) is -0.0544. The smallest absolute Gasteiger partial charge is 0.303 e. The molecule has 0 spiro atoms. The number of ether oxygens (including phenoxy) is 1. The average Bonchev–Trinajstić information content (AvgIpc) is 2.71. The van der Waals surface area contributed by atoms with E-state index in [1.165, 1.54) is 25.3 Å². The predicted molar refractivity (Wildman–Crippen MR) is 101 cm³/mol. The number of Topliss-reactive ketones (excluding diaryl/α,β-unsaturated/α-hetero) is 1. The van der Waals surface area contributed by atoms with Gasteiger partial charge in [-0.3, -0.25) is 9.59 Å². The number of methoxy groups -OCH3 is 1. The fourth-order valence-corrected chi connectivity index (χ4v) is 3.02. The monoisotopic (exact) mass is 394 g/mol. The van der Waals surface area contributed by atoms with Crippen molar-refractivity contribution in [3.8, 4) is 28.7 Å². The van der Waals surface area contributed by atoms with Crippen LogP contribution in [0.1, 0.15) is 28.9 Å². The summed E-state index contributed by atoms with van der Waals surface area (Å²) in [6, 6.07) is 11.0. The summed E-state index contributed by atoms with van der Waals surface area (Å²) < 4.78 is 19.8. The van der Waals surface area contributed by atoms with Crippen molar-refractivity contribution in [1.29, 1.82) is 5.26 Å². The number of ketones is 1. The van der Waals surface area contributed by atoms with Crippen molar-refractivity contribution < 1.29 is 28.9 Å². The van der Waals surface area contributed by atoms with Crippen LogP contribution in [0.4, 0.5) is 4.39 Å². The van der Waals surface area contributed by atoms with Crippen LogP contribution >= 0.6 is 0 Å². The van der Waals surface area contributed by atoms with Gasteiger partial charge in [-0.1, -0.05) is 30.3 Å². The van der Waals surface area contributed by atoms with Gasteiger partial charge in [0.2, 0.25) is 0 Å². The summed E-state index contributed by atoms with van der Waals surface area (Å²) in [5.74, 6) is -3.17. The lowest BCUT2D eigenvalue weighted by atomic mass is 9.97. The Morgan fingerprint density at radius 2 is 1.86 bits per heavy atom. The van der Waals surface area contributed by atoms with Gasteiger partial charge in [-0.05, 0) is 6.07 Å². The first-order valence-corrected chi connectivity index (χ1v) is 8.52. The van der Waals surface area contributed by atoms with Crippen LogP contribution in [0.2, 0.25) is 0 Å². The number of aromatic nitrogens is 1. The maximum atomic E-state index is 14.8. The van der Waals surface area contributed by atoms with Crippen LogP contribution in [-0.4, -0.2) is 34.1 Å². The molecule has 29 heavy (non-hydrogen) atoms. The summed E-state index contributed by atoms with van der Waals surface area (Å²) in [6.07, 6.45) is -0.853. The van der Waals surface area contributed by atoms with Crippen LogP contribution in [0.15, 0.2) is 36.4 Å². The summed E-state index contributed by atoms with van der Waals surface area (Å²) in [7, 11) is 1.33. The molecule has 3 aromatic rings. The molecule has 0 aliphatic carbocycles. The van der Waals surface area contributed by atoms with E-state index >= 15 is 0 Å². The molecule has 2 N–H and O–H groups in total. The normalized spacial score (nSPS) is 10.5. The maximum absolute atomic E-state index is 14.8. The second-order valence-corrected chi connectivity index (χ2v) is 6.14. The third kappa shape index (κ3) is 3.58. The first-order chi connectivity index (χ1) is 13.9. The van der Waals surface area contributed by atoms with Gasteiger partial charge in [-0.25, -0.2) is 9.37 Å². The predicted octanol–water partition coefficient (Wildman–Crippen LogP) is 3.67. The van der Waals surface area contributed by atoms with Crippen LogP contribution in [-0.2, 0) is 4.79 Å². The zero-order valence-electron chi connectivity index (χ0n) is 15.3. The molecule has 0 atom stereocenters. The zero-order chi connectivity index (χ0) is 21.1. The highest BCUT2D eigenvalue weighted by Crippen LogP contribution is 2.37. The average molecular weight is 394 g/mol. The molecule has 8 heteroatoms. The molecule has 0 aliphatic rings. The number of carboxylic acid groups (broad SMARTS) is 1. The molecule has 0 aliphatic heterocycles. The first-order valence-electron chi connectivity index (χ1n) is 8.52. The lowest BCUT2D eigenvalue weighted by Crippen LogP contribution is -2.08. The molecule has 1 heterocycles. The van der Waals surface area contributed by atoms with Gasteiger partial charge in [0.25, 0.3) is 0 Å². The van der Waals surface area contributed by atoms with Crippen molar-refractivity contribution in [1.82, 2.24) is 4.98 Å². The minimum atomic E-state index is -1.18. The van der Waals surface area contributed by atoms with Crippen LogP contribution < -0.4 is 4.74 Å². The number of nitrogens with zero attached hydrogens (tertiary/aromatic N) is 2. The summed E-state index contributed by atoms with van der Waals surface area (Å²) in [4.78, 5) is 27.3. The number of hydrogen-bond donors (Lipinski definition) is 2. The van der Waals surface area contributed by atoms with Gasteiger partial charge in [-0.2, -0.15) is 5.26 Å². The van der Waals surface area contributed by atoms with E-state index in [0.29, 0.717) is 5.56 Å². The Kier molecular flexibility index (Phi) is 5.41. The van der Waals surface area contributed by atoms with E-state index in [2.05, 4.69) is 4.98 Å². The number of carboxylic acids is 1. The number of aliphatic carboxylic acids is 1. The number of pyridine rings is 1. The molecule has 1 aromatic heterocycles. The molecule has 146 valence electrons. The molecule has 3 rings (SSSR count). The van der Waals surface area contributed by atoms with Gasteiger partial charge < -0.3 is 14.9 Å². The lowest BCUT2D eigenvalue weighted by molar-refractivity contribution is -0.136. The van der Waals surface area contributed by atoms with Gasteiger partial charge in [-0.15, -0.1) is 0 Å². The van der Waals surface area contributed by atoms with E-state index in [-0.39, 0.29) is 27.8 Å². The molecule has 0 amide bonds. The van der Waals surface area contributed by atoms with E-state index in [1.54, 1.807) is 18.2 Å². The number of para-hydroxylation sites is 1. The number of halogens is 1. The van der Waals surface area contributed by atoms with Gasteiger partial charge in [0.15, 0.2) is 23.1 Å². The Hall–Kier alpha value is -3.99. The van der Waals surface area contributed by atoms with E-state index < -0.39 is 41.9 Å². The minimum absolute atomic E-state index is 0.0107. The number of hydrogen-bond acceptors (Lipinski definition) is 6. The topological polar surface area (TPSA) is 121 Å². The molecule has 0 saturated heterocycles. The highest BCUT2D eigenvalue weighted by Gasteiger charge is 2.23. The van der Waals surface area contributed by atoms with E-state index in [4.69, 9.17) is 9.84 Å². The zero-order valence-corrected chi connectivity index (χ0v) is 15.3. The Labute approximate surface area is 164 Å². The van der Waals surface area contributed by atoms with E-state index in [9.17, 15) is 24.3 Å². The standard InChI is InChI=1S/C21H15FN2O5/c1-29-16-7-3-4-11(18(16)22)12-5-2-6-13-14(10-23)21(28)20(24-19(12)13)15(25)8-9-17(26)27/h2-7,28H,8-9H2,1H3,(H,26,27). The lowest BCUT2D eigenvalue weighted by Gasteiger charge is -2.13. The number of aromatic hydroxyl groups is 1. The Morgan fingerprint density at radius 1 is 1.17 bits per heavy atom. The van der Waals surface area contributed by atoms with Crippen LogP contribution in [0, 0.1) is 17.1 Å². The van der Waals surface area contributed by atoms with E-state index in [1.807, 2.05) is 6.07 Å². The second kappa shape index (κ2) is 7.94. The molecule has 7 nitrogen and oxygen atoms in total. The largest absolute Gasteiger partial charge is 0.504 e. The summed E-state index contributed by atoms with van der Waals surface area (Å²) in [5, 5.41) is 28.9. The van der Waals surface area contributed by atoms with Gasteiger partial charge >= 0.3 is 5.97 Å². The number of fused-ring (bicyclic) bond motifs is 1. The molecule has 0 unspecified atom stereocenters. The fourth-order valence-electron chi connectivity index (χ4n) is 3.02. The van der Waals surface area contributed by atoms with Crippen molar-refractivity contribution in [3.63, 3.8) is 0 Å². The van der Waals surface area contributed by atoms with Crippen molar-refractivity contribution in [2.24, 2.45) is 0 Å². The Balaban J connectivity index is 2.30. The highest BCUT2D eigenvalue weighted by molar-refractivity contribution is 6.05. The number of rotatable bonds is 6. The second-order valence-electron chi connectivity index (χ2n) is 6.14. The molecule has 0 bridgehead atoms. The fraction of sp³-hybridized carbons (Fsp3) is 0.143. The van der Waals surface area contributed by atoms with Gasteiger partial charge in [0, 0.05) is 22.9 Å². The number of carbonyl (C=O) groups is 2.